The first-order valence-corrected chi connectivity index (χ1v) is 8.33. The predicted molar refractivity (Wildman–Crippen MR) is 98.5 cm³/mol. The molecule has 0 atom stereocenters. The summed E-state index contributed by atoms with van der Waals surface area (Å²) in [7, 11) is 1.56. The van der Waals surface area contributed by atoms with Crippen molar-refractivity contribution < 1.29 is 9.13 Å². The summed E-state index contributed by atoms with van der Waals surface area (Å²) < 4.78 is 21.0. The highest BCUT2D eigenvalue weighted by Gasteiger charge is 2.15. The van der Waals surface area contributed by atoms with Crippen molar-refractivity contribution in [2.45, 2.75) is 6.54 Å². The normalized spacial score (nSPS) is 10.7. The van der Waals surface area contributed by atoms with E-state index in [0.717, 1.165) is 11.3 Å². The molecule has 0 radical (unpaired) electrons. The number of nitrogens with zero attached hydrogens (tertiary/aromatic N) is 5. The fraction of sp³-hybridized carbons (Fsp3) is 0.100. The Morgan fingerprint density at radius 3 is 2.52 bits per heavy atom. The highest BCUT2D eigenvalue weighted by atomic mass is 19.1. The van der Waals surface area contributed by atoms with Crippen LogP contribution in [0.25, 0.3) is 22.8 Å². The van der Waals surface area contributed by atoms with Gasteiger partial charge in [-0.1, -0.05) is 18.2 Å². The molecule has 3 heterocycles. The van der Waals surface area contributed by atoms with Gasteiger partial charge in [0.2, 0.25) is 5.88 Å². The molecule has 0 aliphatic carbocycles. The Bertz CT molecular complexity index is 1050. The van der Waals surface area contributed by atoms with Crippen molar-refractivity contribution in [2.24, 2.45) is 0 Å². The lowest BCUT2D eigenvalue weighted by molar-refractivity contribution is 0.398. The zero-order valence-corrected chi connectivity index (χ0v) is 14.6. The third kappa shape index (κ3) is 3.52. The summed E-state index contributed by atoms with van der Waals surface area (Å²) in [6, 6.07) is 13.9. The van der Waals surface area contributed by atoms with Crippen LogP contribution in [0.15, 0.2) is 67.1 Å². The van der Waals surface area contributed by atoms with Crippen LogP contribution in [-0.2, 0) is 6.54 Å². The van der Waals surface area contributed by atoms with Crippen molar-refractivity contribution in [1.82, 2.24) is 24.7 Å². The van der Waals surface area contributed by atoms with Crippen LogP contribution in [0, 0.1) is 5.82 Å². The molecule has 134 valence electrons. The first-order valence-electron chi connectivity index (χ1n) is 8.33. The Labute approximate surface area is 155 Å². The molecule has 7 heteroatoms. The summed E-state index contributed by atoms with van der Waals surface area (Å²) in [5.74, 6) is 0.752. The molecule has 0 amide bonds. The Morgan fingerprint density at radius 1 is 1.00 bits per heavy atom. The number of methoxy groups -OCH3 is 1. The summed E-state index contributed by atoms with van der Waals surface area (Å²) >= 11 is 0. The summed E-state index contributed by atoms with van der Waals surface area (Å²) in [6.07, 6.45) is 5.02. The van der Waals surface area contributed by atoms with Crippen LogP contribution < -0.4 is 4.74 Å². The van der Waals surface area contributed by atoms with Gasteiger partial charge in [0.15, 0.2) is 5.82 Å². The van der Waals surface area contributed by atoms with E-state index in [4.69, 9.17) is 4.74 Å². The quantitative estimate of drug-likeness (QED) is 0.543. The molecular weight excluding hydrogens is 345 g/mol. The SMILES string of the molecule is COc1ccc(-c2cc(-c3ncccn3)nn2Cc2ccccc2F)cn1. The van der Waals surface area contributed by atoms with E-state index in [1.54, 1.807) is 60.7 Å². The van der Waals surface area contributed by atoms with Gasteiger partial charge in [-0.05, 0) is 24.3 Å². The molecule has 0 aliphatic heterocycles. The number of rotatable bonds is 5. The first-order chi connectivity index (χ1) is 13.2. The smallest absolute Gasteiger partial charge is 0.212 e. The van der Waals surface area contributed by atoms with Gasteiger partial charge in [0.25, 0.3) is 0 Å². The Balaban J connectivity index is 1.79. The van der Waals surface area contributed by atoms with Crippen LogP contribution in [0.3, 0.4) is 0 Å². The number of benzene rings is 1. The van der Waals surface area contributed by atoms with Gasteiger partial charge in [-0.25, -0.2) is 19.3 Å². The van der Waals surface area contributed by atoms with E-state index < -0.39 is 0 Å². The van der Waals surface area contributed by atoms with E-state index in [1.165, 1.54) is 6.07 Å². The number of pyridine rings is 1. The van der Waals surface area contributed by atoms with E-state index in [0.29, 0.717) is 23.0 Å². The number of aromatic nitrogens is 5. The summed E-state index contributed by atoms with van der Waals surface area (Å²) in [6.45, 7) is 0.279. The van der Waals surface area contributed by atoms with Crippen LogP contribution in [0.5, 0.6) is 5.88 Å². The van der Waals surface area contributed by atoms with Crippen LogP contribution in [0.1, 0.15) is 5.56 Å². The fourth-order valence-corrected chi connectivity index (χ4v) is 2.75. The summed E-state index contributed by atoms with van der Waals surface area (Å²) in [4.78, 5) is 12.8. The molecule has 0 spiro atoms. The van der Waals surface area contributed by atoms with Crippen molar-refractivity contribution in [1.29, 1.82) is 0 Å². The van der Waals surface area contributed by atoms with E-state index in [-0.39, 0.29) is 12.4 Å². The lowest BCUT2D eigenvalue weighted by Gasteiger charge is -2.09. The number of hydrogen-bond donors (Lipinski definition) is 0. The average molecular weight is 361 g/mol. The van der Waals surface area contributed by atoms with Crippen molar-refractivity contribution in [3.05, 3.63) is 78.5 Å². The molecular formula is C20H16FN5O. The second-order valence-electron chi connectivity index (χ2n) is 5.83. The molecule has 4 aromatic rings. The minimum absolute atomic E-state index is 0.274. The van der Waals surface area contributed by atoms with E-state index >= 15 is 0 Å². The lowest BCUT2D eigenvalue weighted by atomic mass is 10.1. The molecule has 0 bridgehead atoms. The van der Waals surface area contributed by atoms with Crippen LogP contribution in [-0.4, -0.2) is 31.8 Å². The second kappa shape index (κ2) is 7.33. The van der Waals surface area contributed by atoms with E-state index in [1.807, 2.05) is 12.1 Å². The highest BCUT2D eigenvalue weighted by Crippen LogP contribution is 2.26. The largest absolute Gasteiger partial charge is 0.481 e. The van der Waals surface area contributed by atoms with Crippen molar-refractivity contribution in [3.8, 4) is 28.7 Å². The van der Waals surface area contributed by atoms with E-state index in [9.17, 15) is 4.39 Å². The van der Waals surface area contributed by atoms with Gasteiger partial charge in [0.1, 0.15) is 11.5 Å². The van der Waals surface area contributed by atoms with Crippen LogP contribution >= 0.6 is 0 Å². The monoisotopic (exact) mass is 361 g/mol. The maximum absolute atomic E-state index is 14.1. The zero-order chi connectivity index (χ0) is 18.6. The molecule has 0 aliphatic rings. The summed E-state index contributed by atoms with van der Waals surface area (Å²) in [5.41, 5.74) is 2.78. The predicted octanol–water partition coefficient (Wildman–Crippen LogP) is 3.60. The maximum Gasteiger partial charge on any atom is 0.212 e. The molecule has 0 saturated heterocycles. The Kier molecular flexibility index (Phi) is 4.57. The minimum atomic E-state index is -0.274. The van der Waals surface area contributed by atoms with Gasteiger partial charge in [-0.3, -0.25) is 4.68 Å². The zero-order valence-electron chi connectivity index (χ0n) is 14.6. The fourth-order valence-electron chi connectivity index (χ4n) is 2.75. The Hall–Kier alpha value is -3.61. The number of ether oxygens (including phenoxy) is 1. The van der Waals surface area contributed by atoms with Gasteiger partial charge in [0.05, 0.1) is 19.3 Å². The topological polar surface area (TPSA) is 65.7 Å². The standard InChI is InChI=1S/C20H16FN5O/c1-27-19-8-7-14(12-24-19)18-11-17(20-22-9-4-10-23-20)25-26(18)13-15-5-2-3-6-16(15)21/h2-12H,13H2,1H3. The Morgan fingerprint density at radius 2 is 1.81 bits per heavy atom. The van der Waals surface area contributed by atoms with Gasteiger partial charge < -0.3 is 4.74 Å². The third-order valence-corrected chi connectivity index (χ3v) is 4.09. The van der Waals surface area contributed by atoms with Crippen LogP contribution in [0.4, 0.5) is 4.39 Å². The minimum Gasteiger partial charge on any atom is -0.481 e. The highest BCUT2D eigenvalue weighted by molar-refractivity contribution is 5.65. The van der Waals surface area contributed by atoms with Gasteiger partial charge in [-0.2, -0.15) is 5.10 Å². The molecule has 1 aromatic carbocycles. The van der Waals surface area contributed by atoms with E-state index in [2.05, 4.69) is 20.1 Å². The third-order valence-electron chi connectivity index (χ3n) is 4.09. The molecule has 0 saturated carbocycles. The molecule has 6 nitrogen and oxygen atoms in total. The average Bonchev–Trinajstić information content (AvgIpc) is 3.14. The molecule has 3 aromatic heterocycles. The van der Waals surface area contributed by atoms with Gasteiger partial charge >= 0.3 is 0 Å². The molecule has 4 rings (SSSR count). The maximum atomic E-state index is 14.1. The number of halogens is 1. The molecule has 0 fully saturated rings. The van der Waals surface area contributed by atoms with Gasteiger partial charge in [0, 0.05) is 35.8 Å². The second-order valence-corrected chi connectivity index (χ2v) is 5.83. The van der Waals surface area contributed by atoms with Crippen molar-refractivity contribution in [3.63, 3.8) is 0 Å². The molecule has 27 heavy (non-hydrogen) atoms. The van der Waals surface area contributed by atoms with Crippen molar-refractivity contribution in [2.75, 3.05) is 7.11 Å². The lowest BCUT2D eigenvalue weighted by Crippen LogP contribution is -2.06. The first kappa shape index (κ1) is 16.8. The van der Waals surface area contributed by atoms with Crippen molar-refractivity contribution >= 4 is 0 Å². The molecule has 0 N–H and O–H groups in total. The number of hydrogen-bond acceptors (Lipinski definition) is 5. The molecule has 0 unspecified atom stereocenters. The van der Waals surface area contributed by atoms with Gasteiger partial charge in [-0.15, -0.1) is 0 Å². The summed E-state index contributed by atoms with van der Waals surface area (Å²) in [5, 5.41) is 4.60. The van der Waals surface area contributed by atoms with Crippen LogP contribution in [0.2, 0.25) is 0 Å².